The molecule has 162 valence electrons. The van der Waals surface area contributed by atoms with Crippen molar-refractivity contribution in [3.8, 4) is 0 Å². The molecule has 2 aromatic carbocycles. The van der Waals surface area contributed by atoms with Gasteiger partial charge in [0, 0.05) is 17.1 Å². The number of amides is 1. The van der Waals surface area contributed by atoms with Gasteiger partial charge in [-0.2, -0.15) is 0 Å². The molecule has 0 radical (unpaired) electrons. The lowest BCUT2D eigenvalue weighted by Crippen LogP contribution is -2.16. The van der Waals surface area contributed by atoms with Crippen molar-refractivity contribution in [2.24, 2.45) is 0 Å². The lowest BCUT2D eigenvalue weighted by atomic mass is 10.1. The van der Waals surface area contributed by atoms with Gasteiger partial charge < -0.3 is 9.88 Å². The van der Waals surface area contributed by atoms with E-state index < -0.39 is 0 Å². The van der Waals surface area contributed by atoms with Crippen molar-refractivity contribution >= 4 is 35.1 Å². The zero-order chi connectivity index (χ0) is 22.2. The zero-order valence-corrected chi connectivity index (χ0v) is 19.9. The molecule has 0 spiro atoms. The lowest BCUT2D eigenvalue weighted by molar-refractivity contribution is -0.113. The van der Waals surface area contributed by atoms with Crippen LogP contribution < -0.4 is 5.32 Å². The smallest absolute Gasteiger partial charge is 0.234 e. The first-order chi connectivity index (χ1) is 15.0. The average molecular weight is 453 g/mol. The Balaban J connectivity index is 1.64. The number of carbonyl (C=O) groups excluding carboxylic acids is 1. The summed E-state index contributed by atoms with van der Waals surface area (Å²) in [5.41, 5.74) is 4.37. The second kappa shape index (κ2) is 11.2. The van der Waals surface area contributed by atoms with E-state index in [-0.39, 0.29) is 11.7 Å². The van der Waals surface area contributed by atoms with E-state index in [4.69, 9.17) is 0 Å². The topological polar surface area (TPSA) is 59.8 Å². The predicted molar refractivity (Wildman–Crippen MR) is 131 cm³/mol. The highest BCUT2D eigenvalue weighted by Gasteiger charge is 2.15. The van der Waals surface area contributed by atoms with Crippen molar-refractivity contribution in [3.05, 3.63) is 77.6 Å². The fraction of sp³-hybridized carbons (Fsp3) is 0.292. The molecule has 0 aliphatic rings. The molecule has 1 heterocycles. The first kappa shape index (κ1) is 23.2. The van der Waals surface area contributed by atoms with Gasteiger partial charge in [0.1, 0.15) is 5.82 Å². The number of carbonyl (C=O) groups is 1. The van der Waals surface area contributed by atoms with Crippen molar-refractivity contribution in [1.82, 2.24) is 14.8 Å². The number of anilines is 1. The Bertz CT molecular complexity index is 1040. The number of nitrogens with zero attached hydrogens (tertiary/aromatic N) is 3. The Morgan fingerprint density at radius 2 is 1.90 bits per heavy atom. The maximum Gasteiger partial charge on any atom is 0.234 e. The molecule has 3 rings (SSSR count). The quantitative estimate of drug-likeness (QED) is 0.317. The monoisotopic (exact) mass is 452 g/mol. The van der Waals surface area contributed by atoms with Gasteiger partial charge in [0.25, 0.3) is 0 Å². The van der Waals surface area contributed by atoms with Crippen LogP contribution in [-0.4, -0.2) is 26.4 Å². The summed E-state index contributed by atoms with van der Waals surface area (Å²) in [7, 11) is 0. The molecule has 0 saturated heterocycles. The van der Waals surface area contributed by atoms with Crippen molar-refractivity contribution in [3.63, 3.8) is 0 Å². The van der Waals surface area contributed by atoms with Crippen molar-refractivity contribution in [2.45, 2.75) is 49.5 Å². The Hall–Kier alpha value is -2.51. The van der Waals surface area contributed by atoms with Gasteiger partial charge in [-0.05, 0) is 43.5 Å². The fourth-order valence-electron chi connectivity index (χ4n) is 3.13. The van der Waals surface area contributed by atoms with Crippen LogP contribution in [0.3, 0.4) is 0 Å². The number of benzene rings is 2. The molecule has 0 unspecified atom stereocenters. The third-order valence-electron chi connectivity index (χ3n) is 4.83. The molecule has 1 N–H and O–H groups in total. The van der Waals surface area contributed by atoms with Gasteiger partial charge in [-0.3, -0.25) is 4.79 Å². The Labute approximate surface area is 192 Å². The van der Waals surface area contributed by atoms with Crippen LogP contribution in [0.25, 0.3) is 0 Å². The lowest BCUT2D eigenvalue weighted by Gasteiger charge is -2.13. The summed E-state index contributed by atoms with van der Waals surface area (Å²) < 4.78 is 2.03. The summed E-state index contributed by atoms with van der Waals surface area (Å²) in [5.74, 6) is 1.82. The van der Waals surface area contributed by atoms with Crippen LogP contribution in [0, 0.1) is 13.8 Å². The van der Waals surface area contributed by atoms with Gasteiger partial charge in [-0.15, -0.1) is 28.5 Å². The van der Waals surface area contributed by atoms with E-state index in [1.807, 2.05) is 29.7 Å². The van der Waals surface area contributed by atoms with E-state index in [1.54, 1.807) is 11.8 Å². The standard InChI is InChI=1S/C24H28N4OS2/c1-5-14-28-21(15-30-20-12-10-17(3)11-13-20)26-27-24(28)31-16-22(29)25-23-18(4)8-7-9-19(23)6-2/h5,7-13H,1,6,14-16H2,2-4H3,(H,25,29). The van der Waals surface area contributed by atoms with Crippen LogP contribution in [-0.2, 0) is 23.5 Å². The SMILES string of the molecule is C=CCn1c(CSc2ccc(C)cc2)nnc1SCC(=O)Nc1c(C)cccc1CC. The van der Waals surface area contributed by atoms with Crippen LogP contribution in [0.2, 0.25) is 0 Å². The number of rotatable bonds is 10. The van der Waals surface area contributed by atoms with Crippen molar-refractivity contribution in [2.75, 3.05) is 11.1 Å². The van der Waals surface area contributed by atoms with Crippen LogP contribution in [0.4, 0.5) is 5.69 Å². The summed E-state index contributed by atoms with van der Waals surface area (Å²) >= 11 is 3.12. The molecule has 5 nitrogen and oxygen atoms in total. The maximum atomic E-state index is 12.6. The number of para-hydroxylation sites is 1. The molecule has 0 aliphatic carbocycles. The first-order valence-electron chi connectivity index (χ1n) is 10.3. The predicted octanol–water partition coefficient (Wildman–Crippen LogP) is 5.67. The molecule has 0 saturated carbocycles. The molecule has 3 aromatic rings. The van der Waals surface area contributed by atoms with Crippen LogP contribution in [0.1, 0.15) is 29.4 Å². The third kappa shape index (κ3) is 6.24. The summed E-state index contributed by atoms with van der Waals surface area (Å²) in [6, 6.07) is 14.5. The normalized spacial score (nSPS) is 10.8. The number of hydrogen-bond acceptors (Lipinski definition) is 5. The van der Waals surface area contributed by atoms with Crippen molar-refractivity contribution in [1.29, 1.82) is 0 Å². The van der Waals surface area contributed by atoms with Gasteiger partial charge >= 0.3 is 0 Å². The minimum atomic E-state index is -0.0438. The zero-order valence-electron chi connectivity index (χ0n) is 18.2. The molecule has 31 heavy (non-hydrogen) atoms. The number of nitrogens with one attached hydrogen (secondary N) is 1. The number of hydrogen-bond donors (Lipinski definition) is 1. The number of aromatic nitrogens is 3. The molecule has 0 atom stereocenters. The second-order valence-electron chi connectivity index (χ2n) is 7.20. The molecular formula is C24H28N4OS2. The minimum Gasteiger partial charge on any atom is -0.325 e. The minimum absolute atomic E-state index is 0.0438. The summed E-state index contributed by atoms with van der Waals surface area (Å²) in [6.07, 6.45) is 2.70. The third-order valence-corrected chi connectivity index (χ3v) is 6.81. The highest BCUT2D eigenvalue weighted by atomic mass is 32.2. The molecule has 1 aromatic heterocycles. The number of thioether (sulfide) groups is 2. The van der Waals surface area contributed by atoms with E-state index in [0.29, 0.717) is 12.3 Å². The highest BCUT2D eigenvalue weighted by Crippen LogP contribution is 2.26. The summed E-state index contributed by atoms with van der Waals surface area (Å²) in [4.78, 5) is 13.8. The van der Waals surface area contributed by atoms with E-state index >= 15 is 0 Å². The Kier molecular flexibility index (Phi) is 8.37. The molecule has 7 heteroatoms. The highest BCUT2D eigenvalue weighted by molar-refractivity contribution is 7.99. The molecule has 1 amide bonds. The van der Waals surface area contributed by atoms with Gasteiger partial charge in [-0.1, -0.05) is 60.7 Å². The Morgan fingerprint density at radius 3 is 2.61 bits per heavy atom. The summed E-state index contributed by atoms with van der Waals surface area (Å²) in [6.45, 7) is 10.6. The van der Waals surface area contributed by atoms with Crippen LogP contribution >= 0.6 is 23.5 Å². The van der Waals surface area contributed by atoms with Crippen molar-refractivity contribution < 1.29 is 4.79 Å². The molecular weight excluding hydrogens is 424 g/mol. The van der Waals surface area contributed by atoms with Gasteiger partial charge in [0.15, 0.2) is 5.16 Å². The molecule has 0 fully saturated rings. The summed E-state index contributed by atoms with van der Waals surface area (Å²) in [5, 5.41) is 12.5. The van der Waals surface area contributed by atoms with E-state index in [9.17, 15) is 4.79 Å². The van der Waals surface area contributed by atoms with Crippen LogP contribution in [0.5, 0.6) is 0 Å². The van der Waals surface area contributed by atoms with E-state index in [1.165, 1.54) is 22.2 Å². The van der Waals surface area contributed by atoms with E-state index in [2.05, 4.69) is 66.3 Å². The maximum absolute atomic E-state index is 12.6. The fourth-order valence-corrected chi connectivity index (χ4v) is 4.74. The van der Waals surface area contributed by atoms with Gasteiger partial charge in [0.2, 0.25) is 5.91 Å². The molecule has 0 aliphatic heterocycles. The largest absolute Gasteiger partial charge is 0.325 e. The average Bonchev–Trinajstić information content (AvgIpc) is 3.15. The molecule has 0 bridgehead atoms. The van der Waals surface area contributed by atoms with Crippen LogP contribution in [0.15, 0.2) is 65.2 Å². The number of allylic oxidation sites excluding steroid dienone is 1. The second-order valence-corrected chi connectivity index (χ2v) is 9.19. The first-order valence-corrected chi connectivity index (χ1v) is 12.2. The van der Waals surface area contributed by atoms with Gasteiger partial charge in [-0.25, -0.2) is 0 Å². The number of aryl methyl sites for hydroxylation is 3. The Morgan fingerprint density at radius 1 is 1.13 bits per heavy atom. The van der Waals surface area contributed by atoms with E-state index in [0.717, 1.165) is 34.2 Å². The van der Waals surface area contributed by atoms with Gasteiger partial charge in [0.05, 0.1) is 11.5 Å².